The molecule has 0 radical (unpaired) electrons. The zero-order valence-electron chi connectivity index (χ0n) is 14.2. The number of ether oxygens (including phenoxy) is 2. The molecule has 0 bridgehead atoms. The fourth-order valence-electron chi connectivity index (χ4n) is 2.57. The fourth-order valence-corrected chi connectivity index (χ4v) is 2.57. The fraction of sp³-hybridized carbons (Fsp3) is 0.211. The van der Waals surface area contributed by atoms with E-state index in [0.29, 0.717) is 41.7 Å². The van der Waals surface area contributed by atoms with Gasteiger partial charge in [-0.3, -0.25) is 9.59 Å². The summed E-state index contributed by atoms with van der Waals surface area (Å²) in [7, 11) is 0. The summed E-state index contributed by atoms with van der Waals surface area (Å²) in [6.45, 7) is 2.20. The molecule has 1 heterocycles. The normalized spacial score (nSPS) is 12.0. The molecule has 7 heteroatoms. The molecule has 1 N–H and O–H groups in total. The topological polar surface area (TPSA) is 91.7 Å². The smallest absolute Gasteiger partial charge is 0.244 e. The lowest BCUT2D eigenvalue weighted by atomic mass is 10.2. The van der Waals surface area contributed by atoms with E-state index in [-0.39, 0.29) is 18.4 Å². The molecule has 2 aromatic rings. The summed E-state index contributed by atoms with van der Waals surface area (Å²) in [6.07, 6.45) is 0. The van der Waals surface area contributed by atoms with Crippen LogP contribution in [0.4, 0.5) is 11.4 Å². The Morgan fingerprint density at radius 1 is 1.12 bits per heavy atom. The minimum Gasteiger partial charge on any atom is -0.486 e. The van der Waals surface area contributed by atoms with E-state index in [1.807, 2.05) is 6.07 Å². The van der Waals surface area contributed by atoms with Crippen molar-refractivity contribution in [2.24, 2.45) is 0 Å². The zero-order valence-corrected chi connectivity index (χ0v) is 14.2. The summed E-state index contributed by atoms with van der Waals surface area (Å²) in [6, 6.07) is 13.6. The van der Waals surface area contributed by atoms with Gasteiger partial charge in [-0.1, -0.05) is 0 Å². The highest BCUT2D eigenvalue weighted by Crippen LogP contribution is 2.32. The number of fused-ring (bicyclic) bond motifs is 1. The number of hydrogen-bond donors (Lipinski definition) is 1. The number of benzene rings is 2. The molecule has 3 rings (SSSR count). The van der Waals surface area contributed by atoms with Crippen LogP contribution >= 0.6 is 0 Å². The minimum absolute atomic E-state index is 0.143. The Morgan fingerprint density at radius 2 is 1.81 bits per heavy atom. The van der Waals surface area contributed by atoms with E-state index in [2.05, 4.69) is 5.32 Å². The van der Waals surface area contributed by atoms with Gasteiger partial charge >= 0.3 is 0 Å². The average Bonchev–Trinajstić information content (AvgIpc) is 2.66. The number of nitrogens with one attached hydrogen (secondary N) is 1. The van der Waals surface area contributed by atoms with Crippen LogP contribution in [0.3, 0.4) is 0 Å². The molecule has 0 fully saturated rings. The van der Waals surface area contributed by atoms with E-state index in [1.54, 1.807) is 42.5 Å². The number of carbonyl (C=O) groups is 2. The third-order valence-corrected chi connectivity index (χ3v) is 3.82. The molecule has 132 valence electrons. The third kappa shape index (κ3) is 3.92. The van der Waals surface area contributed by atoms with E-state index in [9.17, 15) is 9.59 Å². The number of amides is 2. The molecule has 0 atom stereocenters. The lowest BCUT2D eigenvalue weighted by Gasteiger charge is -2.21. The van der Waals surface area contributed by atoms with Gasteiger partial charge in [0.25, 0.3) is 0 Å². The van der Waals surface area contributed by atoms with Gasteiger partial charge < -0.3 is 19.7 Å². The SMILES string of the molecule is CC(=O)N(CC(=O)Nc1ccc2c(c1)OCCO2)c1ccc(C#N)cc1. The van der Waals surface area contributed by atoms with Gasteiger partial charge in [-0.25, -0.2) is 0 Å². The lowest BCUT2D eigenvalue weighted by Crippen LogP contribution is -2.36. The van der Waals surface area contributed by atoms with Gasteiger partial charge in [0.05, 0.1) is 11.6 Å². The molecule has 1 aliphatic heterocycles. The van der Waals surface area contributed by atoms with Crippen molar-refractivity contribution in [3.05, 3.63) is 48.0 Å². The van der Waals surface area contributed by atoms with Crippen molar-refractivity contribution in [2.75, 3.05) is 30.0 Å². The number of rotatable bonds is 4. The van der Waals surface area contributed by atoms with Gasteiger partial charge in [0.2, 0.25) is 11.8 Å². The summed E-state index contributed by atoms with van der Waals surface area (Å²) in [5.74, 6) is 0.593. The highest BCUT2D eigenvalue weighted by Gasteiger charge is 2.17. The molecule has 0 saturated heterocycles. The summed E-state index contributed by atoms with van der Waals surface area (Å²) in [5.41, 5.74) is 1.59. The van der Waals surface area contributed by atoms with Crippen molar-refractivity contribution in [2.45, 2.75) is 6.92 Å². The largest absolute Gasteiger partial charge is 0.486 e. The Balaban J connectivity index is 1.70. The molecule has 2 aromatic carbocycles. The number of nitrogens with zero attached hydrogens (tertiary/aromatic N) is 2. The van der Waals surface area contributed by atoms with Crippen molar-refractivity contribution in [1.82, 2.24) is 0 Å². The van der Waals surface area contributed by atoms with Crippen molar-refractivity contribution in [3.8, 4) is 17.6 Å². The van der Waals surface area contributed by atoms with Gasteiger partial charge in [-0.2, -0.15) is 5.26 Å². The maximum Gasteiger partial charge on any atom is 0.244 e. The number of carbonyl (C=O) groups excluding carboxylic acids is 2. The van der Waals surface area contributed by atoms with Gasteiger partial charge in [-0.05, 0) is 36.4 Å². The van der Waals surface area contributed by atoms with Crippen molar-refractivity contribution in [3.63, 3.8) is 0 Å². The van der Waals surface area contributed by atoms with Gasteiger partial charge in [0.15, 0.2) is 11.5 Å². The first-order valence-electron chi connectivity index (χ1n) is 8.04. The minimum atomic E-state index is -0.346. The Labute approximate surface area is 150 Å². The molecule has 1 aliphatic rings. The monoisotopic (exact) mass is 351 g/mol. The van der Waals surface area contributed by atoms with E-state index >= 15 is 0 Å². The van der Waals surface area contributed by atoms with Crippen molar-refractivity contribution < 1.29 is 19.1 Å². The molecular weight excluding hydrogens is 334 g/mol. The Hall–Kier alpha value is -3.53. The Kier molecular flexibility index (Phi) is 5.04. The first kappa shape index (κ1) is 17.3. The highest BCUT2D eigenvalue weighted by molar-refractivity contribution is 6.01. The standard InChI is InChI=1S/C19H17N3O4/c1-13(23)22(16-5-2-14(11-20)3-6-16)12-19(24)21-15-4-7-17-18(10-15)26-9-8-25-17/h2-7,10H,8-9,12H2,1H3,(H,21,24). The maximum absolute atomic E-state index is 12.4. The van der Waals surface area contributed by atoms with Crippen LogP contribution in [0.25, 0.3) is 0 Å². The van der Waals surface area contributed by atoms with Crippen LogP contribution < -0.4 is 19.7 Å². The lowest BCUT2D eigenvalue weighted by molar-refractivity contribution is -0.120. The first-order valence-corrected chi connectivity index (χ1v) is 8.04. The molecule has 0 aromatic heterocycles. The van der Waals surface area contributed by atoms with Gasteiger partial charge in [-0.15, -0.1) is 0 Å². The molecular formula is C19H17N3O4. The van der Waals surface area contributed by atoms with E-state index in [1.165, 1.54) is 11.8 Å². The third-order valence-electron chi connectivity index (χ3n) is 3.82. The molecule has 26 heavy (non-hydrogen) atoms. The van der Waals surface area contributed by atoms with Crippen LogP contribution in [0.15, 0.2) is 42.5 Å². The van der Waals surface area contributed by atoms with Crippen LogP contribution in [0.5, 0.6) is 11.5 Å². The van der Waals surface area contributed by atoms with Gasteiger partial charge in [0.1, 0.15) is 19.8 Å². The first-order chi connectivity index (χ1) is 12.6. The van der Waals surface area contributed by atoms with Crippen LogP contribution in [0, 0.1) is 11.3 Å². The van der Waals surface area contributed by atoms with Crippen molar-refractivity contribution >= 4 is 23.2 Å². The summed E-state index contributed by atoms with van der Waals surface area (Å²) in [5, 5.41) is 11.6. The predicted molar refractivity (Wildman–Crippen MR) is 95.2 cm³/mol. The molecule has 0 unspecified atom stereocenters. The predicted octanol–water partition coefficient (Wildman–Crippen LogP) is 2.32. The number of nitriles is 1. The van der Waals surface area contributed by atoms with E-state index in [0.717, 1.165) is 0 Å². The Bertz CT molecular complexity index is 871. The molecule has 0 spiro atoms. The quantitative estimate of drug-likeness (QED) is 0.913. The Morgan fingerprint density at radius 3 is 2.46 bits per heavy atom. The zero-order chi connectivity index (χ0) is 18.5. The summed E-state index contributed by atoms with van der Waals surface area (Å²) >= 11 is 0. The van der Waals surface area contributed by atoms with E-state index in [4.69, 9.17) is 14.7 Å². The second-order valence-electron chi connectivity index (χ2n) is 5.67. The van der Waals surface area contributed by atoms with E-state index < -0.39 is 0 Å². The molecule has 0 saturated carbocycles. The summed E-state index contributed by atoms with van der Waals surface area (Å²) in [4.78, 5) is 25.6. The van der Waals surface area contributed by atoms with Crippen LogP contribution in [0.2, 0.25) is 0 Å². The van der Waals surface area contributed by atoms with Gasteiger partial charge in [0, 0.05) is 24.4 Å². The van der Waals surface area contributed by atoms with Crippen LogP contribution in [0.1, 0.15) is 12.5 Å². The molecule has 0 aliphatic carbocycles. The number of anilines is 2. The second kappa shape index (κ2) is 7.57. The molecule has 7 nitrogen and oxygen atoms in total. The highest BCUT2D eigenvalue weighted by atomic mass is 16.6. The molecule has 2 amide bonds. The van der Waals surface area contributed by atoms with Crippen molar-refractivity contribution in [1.29, 1.82) is 5.26 Å². The van der Waals surface area contributed by atoms with Crippen LogP contribution in [-0.2, 0) is 9.59 Å². The number of hydrogen-bond acceptors (Lipinski definition) is 5. The maximum atomic E-state index is 12.4. The summed E-state index contributed by atoms with van der Waals surface area (Å²) < 4.78 is 10.9. The van der Waals surface area contributed by atoms with Crippen LogP contribution in [-0.4, -0.2) is 31.6 Å². The second-order valence-corrected chi connectivity index (χ2v) is 5.67. The average molecular weight is 351 g/mol.